The van der Waals surface area contributed by atoms with Crippen LogP contribution in [0.2, 0.25) is 0 Å². The quantitative estimate of drug-likeness (QED) is 0.621. The zero-order valence-corrected chi connectivity index (χ0v) is 7.70. The smallest absolute Gasteiger partial charge is 0.306 e. The van der Waals surface area contributed by atoms with E-state index >= 15 is 0 Å². The van der Waals surface area contributed by atoms with Gasteiger partial charge in [-0.1, -0.05) is 0 Å². The van der Waals surface area contributed by atoms with Crippen LogP contribution in [-0.2, 0) is 4.79 Å². The minimum Gasteiger partial charge on any atom is -0.481 e. The summed E-state index contributed by atoms with van der Waals surface area (Å²) in [7, 11) is 0. The van der Waals surface area contributed by atoms with Crippen molar-refractivity contribution in [3.8, 4) is 0 Å². The molecule has 0 amide bonds. The van der Waals surface area contributed by atoms with E-state index in [0.717, 1.165) is 39.0 Å². The van der Waals surface area contributed by atoms with Crippen molar-refractivity contribution in [2.45, 2.75) is 18.9 Å². The molecular formula is C9H16N2O2. The summed E-state index contributed by atoms with van der Waals surface area (Å²) in [4.78, 5) is 13.1. The normalized spacial score (nSPS) is 27.1. The second kappa shape index (κ2) is 3.64. The number of aliphatic carboxylic acids is 1. The zero-order chi connectivity index (χ0) is 9.26. The van der Waals surface area contributed by atoms with Gasteiger partial charge in [-0.05, 0) is 25.9 Å². The lowest BCUT2D eigenvalue weighted by atomic mass is 9.95. The molecule has 2 N–H and O–H groups in total. The number of rotatable bonds is 2. The summed E-state index contributed by atoms with van der Waals surface area (Å²) < 4.78 is 0. The summed E-state index contributed by atoms with van der Waals surface area (Å²) in [5.74, 6) is -0.712. The Kier molecular flexibility index (Phi) is 2.51. The molecule has 0 saturated carbocycles. The molecule has 4 nitrogen and oxygen atoms in total. The van der Waals surface area contributed by atoms with Gasteiger partial charge < -0.3 is 10.4 Å². The van der Waals surface area contributed by atoms with E-state index in [1.54, 1.807) is 0 Å². The fourth-order valence-electron chi connectivity index (χ4n) is 2.04. The van der Waals surface area contributed by atoms with Gasteiger partial charge in [0, 0.05) is 19.1 Å². The van der Waals surface area contributed by atoms with Crippen molar-refractivity contribution in [1.29, 1.82) is 0 Å². The van der Waals surface area contributed by atoms with E-state index in [0.29, 0.717) is 6.04 Å². The van der Waals surface area contributed by atoms with Crippen LogP contribution in [0.3, 0.4) is 0 Å². The van der Waals surface area contributed by atoms with Crippen molar-refractivity contribution in [2.75, 3.05) is 26.2 Å². The summed E-state index contributed by atoms with van der Waals surface area (Å²) in [5, 5.41) is 12.0. The SMILES string of the molecule is O=C(O)C1CCN(C2CNC2)CC1. The van der Waals surface area contributed by atoms with E-state index in [1.807, 2.05) is 0 Å². The van der Waals surface area contributed by atoms with Crippen molar-refractivity contribution in [3.63, 3.8) is 0 Å². The highest BCUT2D eigenvalue weighted by molar-refractivity contribution is 5.70. The Morgan fingerprint density at radius 1 is 1.31 bits per heavy atom. The average Bonchev–Trinajstić information content (AvgIpc) is 2.02. The maximum Gasteiger partial charge on any atom is 0.306 e. The van der Waals surface area contributed by atoms with Crippen LogP contribution in [0.25, 0.3) is 0 Å². The minimum absolute atomic E-state index is 0.0933. The molecule has 0 spiro atoms. The zero-order valence-electron chi connectivity index (χ0n) is 7.70. The first-order valence-electron chi connectivity index (χ1n) is 4.95. The summed E-state index contributed by atoms with van der Waals surface area (Å²) in [6.45, 7) is 4.09. The number of hydrogen-bond donors (Lipinski definition) is 2. The number of nitrogens with zero attached hydrogens (tertiary/aromatic N) is 1. The summed E-state index contributed by atoms with van der Waals surface area (Å²) >= 11 is 0. The fraction of sp³-hybridized carbons (Fsp3) is 0.889. The van der Waals surface area contributed by atoms with Gasteiger partial charge in [-0.25, -0.2) is 0 Å². The molecule has 0 bridgehead atoms. The van der Waals surface area contributed by atoms with Crippen molar-refractivity contribution in [3.05, 3.63) is 0 Å². The minimum atomic E-state index is -0.619. The summed E-state index contributed by atoms with van der Waals surface area (Å²) in [6.07, 6.45) is 1.65. The third kappa shape index (κ3) is 1.84. The summed E-state index contributed by atoms with van der Waals surface area (Å²) in [5.41, 5.74) is 0. The molecule has 0 aromatic rings. The maximum absolute atomic E-state index is 10.7. The van der Waals surface area contributed by atoms with E-state index in [4.69, 9.17) is 5.11 Å². The lowest BCUT2D eigenvalue weighted by Crippen LogP contribution is -2.59. The number of carboxylic acid groups (broad SMARTS) is 1. The predicted molar refractivity (Wildman–Crippen MR) is 48.6 cm³/mol. The number of carboxylic acids is 1. The van der Waals surface area contributed by atoms with Crippen molar-refractivity contribution < 1.29 is 9.90 Å². The second-order valence-electron chi connectivity index (χ2n) is 3.96. The molecule has 0 radical (unpaired) electrons. The highest BCUT2D eigenvalue weighted by atomic mass is 16.4. The number of carbonyl (C=O) groups is 1. The van der Waals surface area contributed by atoms with Crippen LogP contribution in [0.15, 0.2) is 0 Å². The van der Waals surface area contributed by atoms with E-state index in [-0.39, 0.29) is 5.92 Å². The number of piperidine rings is 1. The Morgan fingerprint density at radius 3 is 2.31 bits per heavy atom. The molecule has 2 aliphatic heterocycles. The molecular weight excluding hydrogens is 168 g/mol. The molecule has 0 unspecified atom stereocenters. The molecule has 2 rings (SSSR count). The maximum atomic E-state index is 10.7. The highest BCUT2D eigenvalue weighted by Crippen LogP contribution is 2.20. The van der Waals surface area contributed by atoms with Crippen LogP contribution in [0.1, 0.15) is 12.8 Å². The van der Waals surface area contributed by atoms with Crippen LogP contribution < -0.4 is 5.32 Å². The first-order valence-corrected chi connectivity index (χ1v) is 4.95. The molecule has 0 aromatic carbocycles. The lowest BCUT2D eigenvalue weighted by molar-refractivity contribution is -0.143. The van der Waals surface area contributed by atoms with Gasteiger partial charge in [0.2, 0.25) is 0 Å². The van der Waals surface area contributed by atoms with Gasteiger partial charge in [0.25, 0.3) is 0 Å². The van der Waals surface area contributed by atoms with E-state index in [9.17, 15) is 4.79 Å². The Bertz CT molecular complexity index is 196. The molecule has 2 aliphatic rings. The topological polar surface area (TPSA) is 52.6 Å². The first kappa shape index (κ1) is 8.97. The van der Waals surface area contributed by atoms with E-state index in [1.165, 1.54) is 0 Å². The van der Waals surface area contributed by atoms with Gasteiger partial charge in [0.05, 0.1) is 5.92 Å². The standard InChI is InChI=1S/C9H16N2O2/c12-9(13)7-1-3-11(4-2-7)8-5-10-6-8/h7-8,10H,1-6H2,(H,12,13). The summed E-state index contributed by atoms with van der Waals surface area (Å²) in [6, 6.07) is 0.676. The number of nitrogens with one attached hydrogen (secondary N) is 1. The van der Waals surface area contributed by atoms with Crippen LogP contribution in [0, 0.1) is 5.92 Å². The Hall–Kier alpha value is -0.610. The third-order valence-electron chi connectivity index (χ3n) is 3.16. The predicted octanol–water partition coefficient (Wildman–Crippen LogP) is -0.245. The molecule has 2 heterocycles. The molecule has 2 fully saturated rings. The van der Waals surface area contributed by atoms with Gasteiger partial charge in [-0.3, -0.25) is 9.69 Å². The average molecular weight is 184 g/mol. The van der Waals surface area contributed by atoms with Gasteiger partial charge >= 0.3 is 5.97 Å². The molecule has 4 heteroatoms. The number of hydrogen-bond acceptors (Lipinski definition) is 3. The van der Waals surface area contributed by atoms with Crippen LogP contribution in [0.5, 0.6) is 0 Å². The molecule has 0 aliphatic carbocycles. The Morgan fingerprint density at radius 2 is 1.92 bits per heavy atom. The lowest BCUT2D eigenvalue weighted by Gasteiger charge is -2.41. The molecule has 74 valence electrons. The van der Waals surface area contributed by atoms with Gasteiger partial charge in [0.1, 0.15) is 0 Å². The van der Waals surface area contributed by atoms with Crippen LogP contribution in [0.4, 0.5) is 0 Å². The largest absolute Gasteiger partial charge is 0.481 e. The third-order valence-corrected chi connectivity index (χ3v) is 3.16. The molecule has 0 aromatic heterocycles. The number of likely N-dealkylation sites (tertiary alicyclic amines) is 1. The van der Waals surface area contributed by atoms with Crippen molar-refractivity contribution in [1.82, 2.24) is 10.2 Å². The highest BCUT2D eigenvalue weighted by Gasteiger charge is 2.30. The molecule has 13 heavy (non-hydrogen) atoms. The van der Waals surface area contributed by atoms with Crippen LogP contribution in [-0.4, -0.2) is 48.2 Å². The van der Waals surface area contributed by atoms with Gasteiger partial charge in [-0.2, -0.15) is 0 Å². The Labute approximate surface area is 77.9 Å². The van der Waals surface area contributed by atoms with E-state index < -0.39 is 5.97 Å². The van der Waals surface area contributed by atoms with Crippen molar-refractivity contribution in [2.24, 2.45) is 5.92 Å². The monoisotopic (exact) mass is 184 g/mol. The molecule has 0 atom stereocenters. The Balaban J connectivity index is 1.78. The van der Waals surface area contributed by atoms with Crippen molar-refractivity contribution >= 4 is 5.97 Å². The first-order chi connectivity index (χ1) is 6.27. The van der Waals surface area contributed by atoms with Gasteiger partial charge in [-0.15, -0.1) is 0 Å². The fourth-order valence-corrected chi connectivity index (χ4v) is 2.04. The second-order valence-corrected chi connectivity index (χ2v) is 3.96. The van der Waals surface area contributed by atoms with Gasteiger partial charge in [0.15, 0.2) is 0 Å². The van der Waals surface area contributed by atoms with E-state index in [2.05, 4.69) is 10.2 Å². The van der Waals surface area contributed by atoms with Crippen LogP contribution >= 0.6 is 0 Å². The molecule has 2 saturated heterocycles.